The van der Waals surface area contributed by atoms with Crippen molar-refractivity contribution in [2.75, 3.05) is 19.5 Å². The molecule has 0 fully saturated rings. The highest BCUT2D eigenvalue weighted by Crippen LogP contribution is 2.36. The standard InChI is InChI=1S/C14H13ClN2O3/c1-19-12-6-10(15)11(7-13(12)20-2)17-14(18)9-4-3-5-16-8-9/h3-8H,1-2H3,(H,17,18). The van der Waals surface area contributed by atoms with Crippen molar-refractivity contribution in [3.8, 4) is 11.5 Å². The zero-order valence-electron chi connectivity index (χ0n) is 11.0. The molecule has 1 N–H and O–H groups in total. The predicted octanol–water partition coefficient (Wildman–Crippen LogP) is 3.00. The van der Waals surface area contributed by atoms with Gasteiger partial charge in [-0.1, -0.05) is 11.6 Å². The Kier molecular flexibility index (Phi) is 4.42. The van der Waals surface area contributed by atoms with Crippen LogP contribution in [0.2, 0.25) is 5.02 Å². The van der Waals surface area contributed by atoms with E-state index in [1.54, 1.807) is 30.5 Å². The second-order valence-corrected chi connectivity index (χ2v) is 4.29. The van der Waals surface area contributed by atoms with Gasteiger partial charge in [-0.3, -0.25) is 9.78 Å². The van der Waals surface area contributed by atoms with Crippen LogP contribution in [0.5, 0.6) is 11.5 Å². The van der Waals surface area contributed by atoms with Crippen LogP contribution in [-0.4, -0.2) is 25.1 Å². The van der Waals surface area contributed by atoms with Crippen molar-refractivity contribution in [1.82, 2.24) is 4.98 Å². The molecular weight excluding hydrogens is 280 g/mol. The van der Waals surface area contributed by atoms with Crippen molar-refractivity contribution >= 4 is 23.2 Å². The van der Waals surface area contributed by atoms with Crippen LogP contribution in [0.15, 0.2) is 36.7 Å². The van der Waals surface area contributed by atoms with Crippen molar-refractivity contribution in [3.63, 3.8) is 0 Å². The molecule has 5 nitrogen and oxygen atoms in total. The Balaban J connectivity index is 2.28. The number of rotatable bonds is 4. The number of benzene rings is 1. The SMILES string of the molecule is COc1cc(Cl)c(NC(=O)c2cccnc2)cc1OC. The van der Waals surface area contributed by atoms with Crippen molar-refractivity contribution in [2.45, 2.75) is 0 Å². The second kappa shape index (κ2) is 6.25. The summed E-state index contributed by atoms with van der Waals surface area (Å²) in [5, 5.41) is 3.07. The summed E-state index contributed by atoms with van der Waals surface area (Å²) in [4.78, 5) is 15.9. The molecule has 20 heavy (non-hydrogen) atoms. The van der Waals surface area contributed by atoms with Gasteiger partial charge in [-0.25, -0.2) is 0 Å². The number of carbonyl (C=O) groups is 1. The maximum absolute atomic E-state index is 12.0. The van der Waals surface area contributed by atoms with Crippen LogP contribution in [0.25, 0.3) is 0 Å². The molecule has 0 saturated carbocycles. The molecule has 6 heteroatoms. The van der Waals surface area contributed by atoms with Gasteiger partial charge < -0.3 is 14.8 Å². The van der Waals surface area contributed by atoms with Crippen LogP contribution in [0.3, 0.4) is 0 Å². The van der Waals surface area contributed by atoms with Gasteiger partial charge in [0.15, 0.2) is 11.5 Å². The number of pyridine rings is 1. The van der Waals surface area contributed by atoms with Gasteiger partial charge in [-0.05, 0) is 12.1 Å². The molecule has 0 aliphatic rings. The molecule has 2 aromatic rings. The number of methoxy groups -OCH3 is 2. The number of carbonyl (C=O) groups excluding carboxylic acids is 1. The molecule has 0 bridgehead atoms. The molecular formula is C14H13ClN2O3. The van der Waals surface area contributed by atoms with E-state index in [0.29, 0.717) is 27.8 Å². The first-order valence-electron chi connectivity index (χ1n) is 5.78. The van der Waals surface area contributed by atoms with Gasteiger partial charge in [0.05, 0.1) is 30.5 Å². The lowest BCUT2D eigenvalue weighted by Crippen LogP contribution is -2.12. The van der Waals surface area contributed by atoms with E-state index in [1.807, 2.05) is 0 Å². The van der Waals surface area contributed by atoms with E-state index in [4.69, 9.17) is 21.1 Å². The largest absolute Gasteiger partial charge is 0.493 e. The van der Waals surface area contributed by atoms with E-state index in [1.165, 1.54) is 20.4 Å². The highest BCUT2D eigenvalue weighted by molar-refractivity contribution is 6.34. The van der Waals surface area contributed by atoms with Gasteiger partial charge in [-0.15, -0.1) is 0 Å². The molecule has 1 aromatic heterocycles. The number of hydrogen-bond donors (Lipinski definition) is 1. The van der Waals surface area contributed by atoms with Crippen LogP contribution in [-0.2, 0) is 0 Å². The second-order valence-electron chi connectivity index (χ2n) is 3.88. The summed E-state index contributed by atoms with van der Waals surface area (Å²) in [6.45, 7) is 0. The minimum atomic E-state index is -0.299. The van der Waals surface area contributed by atoms with Crippen LogP contribution >= 0.6 is 11.6 Å². The highest BCUT2D eigenvalue weighted by atomic mass is 35.5. The molecule has 0 saturated heterocycles. The number of aromatic nitrogens is 1. The molecule has 0 radical (unpaired) electrons. The van der Waals surface area contributed by atoms with Gasteiger partial charge in [0.2, 0.25) is 0 Å². The van der Waals surface area contributed by atoms with E-state index >= 15 is 0 Å². The lowest BCUT2D eigenvalue weighted by Gasteiger charge is -2.12. The van der Waals surface area contributed by atoms with Crippen LogP contribution in [0, 0.1) is 0 Å². The average Bonchev–Trinajstić information content (AvgIpc) is 2.49. The smallest absolute Gasteiger partial charge is 0.257 e. The van der Waals surface area contributed by atoms with Gasteiger partial charge in [0.25, 0.3) is 5.91 Å². The Morgan fingerprint density at radius 1 is 1.25 bits per heavy atom. The quantitative estimate of drug-likeness (QED) is 0.941. The number of anilines is 1. The average molecular weight is 293 g/mol. The summed E-state index contributed by atoms with van der Waals surface area (Å²) in [5.74, 6) is 0.683. The fourth-order valence-corrected chi connectivity index (χ4v) is 1.84. The fourth-order valence-electron chi connectivity index (χ4n) is 1.64. The van der Waals surface area contributed by atoms with Crippen LogP contribution in [0.4, 0.5) is 5.69 Å². The van der Waals surface area contributed by atoms with Gasteiger partial charge in [0, 0.05) is 24.5 Å². The Morgan fingerprint density at radius 3 is 2.55 bits per heavy atom. The molecule has 0 spiro atoms. The summed E-state index contributed by atoms with van der Waals surface area (Å²) in [6, 6.07) is 6.54. The molecule has 1 amide bonds. The maximum Gasteiger partial charge on any atom is 0.257 e. The minimum absolute atomic E-state index is 0.299. The Morgan fingerprint density at radius 2 is 1.95 bits per heavy atom. The molecule has 2 rings (SSSR count). The Hall–Kier alpha value is -2.27. The number of nitrogens with zero attached hydrogens (tertiary/aromatic N) is 1. The number of nitrogens with one attached hydrogen (secondary N) is 1. The van der Waals surface area contributed by atoms with Crippen molar-refractivity contribution in [3.05, 3.63) is 47.2 Å². The first-order chi connectivity index (χ1) is 9.65. The van der Waals surface area contributed by atoms with Gasteiger partial charge in [-0.2, -0.15) is 0 Å². The third kappa shape index (κ3) is 3.00. The third-order valence-corrected chi connectivity index (χ3v) is 2.96. The van der Waals surface area contributed by atoms with Crippen LogP contribution in [0.1, 0.15) is 10.4 Å². The lowest BCUT2D eigenvalue weighted by molar-refractivity contribution is 0.102. The number of hydrogen-bond acceptors (Lipinski definition) is 4. The number of ether oxygens (including phenoxy) is 2. The summed E-state index contributed by atoms with van der Waals surface area (Å²) in [6.07, 6.45) is 3.07. The molecule has 1 heterocycles. The monoisotopic (exact) mass is 292 g/mol. The molecule has 0 aliphatic heterocycles. The van der Waals surface area contributed by atoms with E-state index in [0.717, 1.165) is 0 Å². The van der Waals surface area contributed by atoms with E-state index in [2.05, 4.69) is 10.3 Å². The third-order valence-electron chi connectivity index (χ3n) is 2.65. The molecule has 0 unspecified atom stereocenters. The number of halogens is 1. The molecule has 0 aliphatic carbocycles. The predicted molar refractivity (Wildman–Crippen MR) is 76.7 cm³/mol. The van der Waals surface area contributed by atoms with Crippen LogP contribution < -0.4 is 14.8 Å². The molecule has 0 atom stereocenters. The van der Waals surface area contributed by atoms with Gasteiger partial charge >= 0.3 is 0 Å². The Labute approximate surface area is 121 Å². The summed E-state index contributed by atoms with van der Waals surface area (Å²) >= 11 is 6.10. The van der Waals surface area contributed by atoms with E-state index in [9.17, 15) is 4.79 Å². The van der Waals surface area contributed by atoms with E-state index in [-0.39, 0.29) is 5.91 Å². The van der Waals surface area contributed by atoms with E-state index < -0.39 is 0 Å². The van der Waals surface area contributed by atoms with Gasteiger partial charge in [0.1, 0.15) is 0 Å². The Bertz CT molecular complexity index is 617. The van der Waals surface area contributed by atoms with Crippen molar-refractivity contribution in [2.24, 2.45) is 0 Å². The lowest BCUT2D eigenvalue weighted by atomic mass is 10.2. The number of amides is 1. The van der Waals surface area contributed by atoms with Crippen molar-refractivity contribution < 1.29 is 14.3 Å². The first kappa shape index (κ1) is 14.1. The first-order valence-corrected chi connectivity index (χ1v) is 6.16. The highest BCUT2D eigenvalue weighted by Gasteiger charge is 2.13. The molecule has 104 valence electrons. The van der Waals surface area contributed by atoms with Crippen molar-refractivity contribution in [1.29, 1.82) is 0 Å². The summed E-state index contributed by atoms with van der Waals surface area (Å²) < 4.78 is 10.3. The zero-order chi connectivity index (χ0) is 14.5. The maximum atomic E-state index is 12.0. The normalized spacial score (nSPS) is 9.95. The summed E-state index contributed by atoms with van der Waals surface area (Å²) in [5.41, 5.74) is 0.886. The zero-order valence-corrected chi connectivity index (χ0v) is 11.8. The minimum Gasteiger partial charge on any atom is -0.493 e. The topological polar surface area (TPSA) is 60.5 Å². The molecule has 1 aromatic carbocycles. The summed E-state index contributed by atoms with van der Waals surface area (Å²) in [7, 11) is 3.03. The fraction of sp³-hybridized carbons (Fsp3) is 0.143.